The van der Waals surface area contributed by atoms with E-state index in [2.05, 4.69) is 10.3 Å². The summed E-state index contributed by atoms with van der Waals surface area (Å²) in [5, 5.41) is 11.6. The first-order chi connectivity index (χ1) is 9.79. The van der Waals surface area contributed by atoms with Gasteiger partial charge in [-0.05, 0) is 18.6 Å². The second kappa shape index (κ2) is 7.17. The summed E-state index contributed by atoms with van der Waals surface area (Å²) in [6.45, 7) is 7.54. The third-order valence-electron chi connectivity index (χ3n) is 3.07. The van der Waals surface area contributed by atoms with Crippen LogP contribution in [-0.4, -0.2) is 22.0 Å². The highest BCUT2D eigenvalue weighted by Gasteiger charge is 2.25. The molecule has 0 radical (unpaired) electrons. The molecule has 6 nitrogen and oxygen atoms in total. The summed E-state index contributed by atoms with van der Waals surface area (Å²) >= 11 is 0. The summed E-state index contributed by atoms with van der Waals surface area (Å²) in [7, 11) is 0. The lowest BCUT2D eigenvalue weighted by molar-refractivity contribution is -0.129. The van der Waals surface area contributed by atoms with Gasteiger partial charge in [0.15, 0.2) is 0 Å². The first-order valence-electron chi connectivity index (χ1n) is 7.01. The average Bonchev–Trinajstić information content (AvgIpc) is 2.45. The molecule has 0 fully saturated rings. The number of hydrogen-bond acceptors (Lipinski definition) is 4. The molecule has 0 aromatic carbocycles. The zero-order valence-corrected chi connectivity index (χ0v) is 12.9. The molecule has 0 spiro atoms. The summed E-state index contributed by atoms with van der Waals surface area (Å²) in [6, 6.07) is 2.83. The van der Waals surface area contributed by atoms with Crippen molar-refractivity contribution in [2.24, 2.45) is 5.41 Å². The van der Waals surface area contributed by atoms with E-state index in [1.807, 2.05) is 27.7 Å². The highest BCUT2D eigenvalue weighted by Crippen LogP contribution is 2.21. The Labute approximate surface area is 124 Å². The van der Waals surface area contributed by atoms with E-state index in [1.165, 1.54) is 12.3 Å². The van der Waals surface area contributed by atoms with Crippen LogP contribution in [0.15, 0.2) is 18.3 Å². The number of hydroxylamine groups is 1. The number of hydrogen-bond donors (Lipinski definition) is 3. The van der Waals surface area contributed by atoms with Crippen LogP contribution in [0.1, 0.15) is 62.6 Å². The molecule has 3 N–H and O–H groups in total. The maximum Gasteiger partial charge on any atom is 0.274 e. The van der Waals surface area contributed by atoms with Crippen molar-refractivity contribution in [1.29, 1.82) is 0 Å². The van der Waals surface area contributed by atoms with Crippen LogP contribution in [0.4, 0.5) is 0 Å². The first kappa shape index (κ1) is 17.1. The Kier molecular flexibility index (Phi) is 5.84. The standard InChI is InChI=1S/C15H23N3O3/c1-5-6-11(17-14(20)15(2,3)4)12-9-10(7-8-16-12)13(19)18-21/h7-9,11,21H,5-6H2,1-4H3,(H,17,20)(H,18,19)/t11-/m0/s1. The summed E-state index contributed by atoms with van der Waals surface area (Å²) in [4.78, 5) is 27.8. The third kappa shape index (κ3) is 4.82. The maximum atomic E-state index is 12.1. The number of aromatic nitrogens is 1. The van der Waals surface area contributed by atoms with E-state index in [4.69, 9.17) is 5.21 Å². The second-order valence-corrected chi connectivity index (χ2v) is 5.98. The molecule has 1 atom stereocenters. The summed E-state index contributed by atoms with van der Waals surface area (Å²) in [5.74, 6) is -0.671. The molecule has 0 aliphatic heterocycles. The maximum absolute atomic E-state index is 12.1. The van der Waals surface area contributed by atoms with Crippen LogP contribution in [0.25, 0.3) is 0 Å². The van der Waals surface area contributed by atoms with Gasteiger partial charge in [-0.2, -0.15) is 0 Å². The quantitative estimate of drug-likeness (QED) is 0.573. The molecule has 6 heteroatoms. The molecule has 1 rings (SSSR count). The molecule has 1 heterocycles. The van der Waals surface area contributed by atoms with Crippen molar-refractivity contribution in [1.82, 2.24) is 15.8 Å². The fraction of sp³-hybridized carbons (Fsp3) is 0.533. The largest absolute Gasteiger partial charge is 0.347 e. The van der Waals surface area contributed by atoms with Crippen LogP contribution in [-0.2, 0) is 4.79 Å². The van der Waals surface area contributed by atoms with Gasteiger partial charge >= 0.3 is 0 Å². The van der Waals surface area contributed by atoms with Crippen LogP contribution in [0.5, 0.6) is 0 Å². The van der Waals surface area contributed by atoms with Crippen molar-refractivity contribution in [3.05, 3.63) is 29.6 Å². The predicted molar refractivity (Wildman–Crippen MR) is 78.7 cm³/mol. The van der Waals surface area contributed by atoms with Crippen molar-refractivity contribution in [2.45, 2.75) is 46.6 Å². The van der Waals surface area contributed by atoms with Gasteiger partial charge < -0.3 is 5.32 Å². The summed E-state index contributed by atoms with van der Waals surface area (Å²) in [6.07, 6.45) is 3.08. The molecule has 0 bridgehead atoms. The highest BCUT2D eigenvalue weighted by molar-refractivity contribution is 5.93. The molecular formula is C15H23N3O3. The Hall–Kier alpha value is -1.95. The van der Waals surface area contributed by atoms with Gasteiger partial charge in [0.2, 0.25) is 5.91 Å². The normalized spacial score (nSPS) is 12.6. The Morgan fingerprint density at radius 1 is 1.38 bits per heavy atom. The number of pyridine rings is 1. The lowest BCUT2D eigenvalue weighted by atomic mass is 9.94. The lowest BCUT2D eigenvalue weighted by Crippen LogP contribution is -2.37. The summed E-state index contributed by atoms with van der Waals surface area (Å²) in [5.41, 5.74) is 2.00. The van der Waals surface area contributed by atoms with Gasteiger partial charge in [0.25, 0.3) is 5.91 Å². The zero-order valence-electron chi connectivity index (χ0n) is 12.9. The summed E-state index contributed by atoms with van der Waals surface area (Å²) < 4.78 is 0. The van der Waals surface area contributed by atoms with E-state index in [9.17, 15) is 9.59 Å². The van der Waals surface area contributed by atoms with Crippen LogP contribution >= 0.6 is 0 Å². The monoisotopic (exact) mass is 293 g/mol. The zero-order chi connectivity index (χ0) is 16.0. The fourth-order valence-corrected chi connectivity index (χ4v) is 1.80. The molecule has 21 heavy (non-hydrogen) atoms. The lowest BCUT2D eigenvalue weighted by Gasteiger charge is -2.24. The van der Waals surface area contributed by atoms with Crippen LogP contribution < -0.4 is 10.8 Å². The molecule has 0 saturated carbocycles. The van der Waals surface area contributed by atoms with Crippen LogP contribution in [0.3, 0.4) is 0 Å². The molecule has 116 valence electrons. The van der Waals surface area contributed by atoms with E-state index in [0.29, 0.717) is 11.3 Å². The van der Waals surface area contributed by atoms with Crippen LogP contribution in [0, 0.1) is 5.41 Å². The molecule has 2 amide bonds. The van der Waals surface area contributed by atoms with Crippen molar-refractivity contribution >= 4 is 11.8 Å². The molecule has 0 saturated heterocycles. The number of carbonyl (C=O) groups excluding carboxylic acids is 2. The SMILES string of the molecule is CCC[C@H](NC(=O)C(C)(C)C)c1cc(C(=O)NO)ccn1. The average molecular weight is 293 g/mol. The van der Waals surface area contributed by atoms with E-state index in [0.717, 1.165) is 12.8 Å². The van der Waals surface area contributed by atoms with Gasteiger partial charge in [-0.15, -0.1) is 0 Å². The molecule has 1 aromatic rings. The predicted octanol–water partition coefficient (Wildman–Crippen LogP) is 2.20. The van der Waals surface area contributed by atoms with Crippen molar-refractivity contribution in [2.75, 3.05) is 0 Å². The molecule has 0 unspecified atom stereocenters. The molecule has 0 aliphatic carbocycles. The number of amides is 2. The van der Waals surface area contributed by atoms with Gasteiger partial charge in [-0.3, -0.25) is 19.8 Å². The molecular weight excluding hydrogens is 270 g/mol. The van der Waals surface area contributed by atoms with Crippen molar-refractivity contribution in [3.8, 4) is 0 Å². The topological polar surface area (TPSA) is 91.3 Å². The number of rotatable bonds is 5. The Bertz CT molecular complexity index is 509. The van der Waals surface area contributed by atoms with Crippen LogP contribution in [0.2, 0.25) is 0 Å². The molecule has 0 aliphatic rings. The van der Waals surface area contributed by atoms with Gasteiger partial charge in [-0.1, -0.05) is 34.1 Å². The van der Waals surface area contributed by atoms with Gasteiger partial charge in [-0.25, -0.2) is 5.48 Å². The Morgan fingerprint density at radius 3 is 2.57 bits per heavy atom. The third-order valence-corrected chi connectivity index (χ3v) is 3.07. The first-order valence-corrected chi connectivity index (χ1v) is 7.01. The minimum absolute atomic E-state index is 0.0697. The van der Waals surface area contributed by atoms with Gasteiger partial charge in [0.05, 0.1) is 11.7 Å². The minimum atomic E-state index is -0.601. The van der Waals surface area contributed by atoms with Gasteiger partial charge in [0, 0.05) is 17.2 Å². The second-order valence-electron chi connectivity index (χ2n) is 5.98. The fourth-order valence-electron chi connectivity index (χ4n) is 1.80. The van der Waals surface area contributed by atoms with Crippen molar-refractivity contribution in [3.63, 3.8) is 0 Å². The Morgan fingerprint density at radius 2 is 2.05 bits per heavy atom. The van der Waals surface area contributed by atoms with Gasteiger partial charge in [0.1, 0.15) is 0 Å². The number of nitrogens with zero attached hydrogens (tertiary/aromatic N) is 1. The van der Waals surface area contributed by atoms with Crippen molar-refractivity contribution < 1.29 is 14.8 Å². The number of carbonyl (C=O) groups is 2. The smallest absolute Gasteiger partial charge is 0.274 e. The van der Waals surface area contributed by atoms with E-state index in [1.54, 1.807) is 11.5 Å². The van der Waals surface area contributed by atoms with E-state index >= 15 is 0 Å². The minimum Gasteiger partial charge on any atom is -0.347 e. The van der Waals surface area contributed by atoms with E-state index < -0.39 is 11.3 Å². The highest BCUT2D eigenvalue weighted by atomic mass is 16.5. The molecule has 1 aromatic heterocycles. The number of nitrogens with one attached hydrogen (secondary N) is 2. The Balaban J connectivity index is 3.00. The van der Waals surface area contributed by atoms with E-state index in [-0.39, 0.29) is 11.9 Å².